The van der Waals surface area contributed by atoms with Gasteiger partial charge >= 0.3 is 5.97 Å². The third-order valence-electron chi connectivity index (χ3n) is 4.37. The zero-order valence-electron chi connectivity index (χ0n) is 15.2. The van der Waals surface area contributed by atoms with E-state index in [9.17, 15) is 9.59 Å². The second-order valence-corrected chi connectivity index (χ2v) is 6.47. The summed E-state index contributed by atoms with van der Waals surface area (Å²) in [6, 6.07) is 16.2. The van der Waals surface area contributed by atoms with E-state index in [-0.39, 0.29) is 23.9 Å². The second kappa shape index (κ2) is 7.48. The summed E-state index contributed by atoms with van der Waals surface area (Å²) in [7, 11) is 0. The van der Waals surface area contributed by atoms with Crippen molar-refractivity contribution in [3.05, 3.63) is 95.0 Å². The van der Waals surface area contributed by atoms with Crippen molar-refractivity contribution < 1.29 is 19.1 Å². The van der Waals surface area contributed by atoms with Gasteiger partial charge in [-0.15, -0.1) is 0 Å². The Bertz CT molecular complexity index is 1070. The van der Waals surface area contributed by atoms with Crippen LogP contribution in [0.1, 0.15) is 27.0 Å². The van der Waals surface area contributed by atoms with Gasteiger partial charge in [0.2, 0.25) is 5.78 Å². The summed E-state index contributed by atoms with van der Waals surface area (Å²) < 4.78 is 11.2. The van der Waals surface area contributed by atoms with Crippen LogP contribution in [-0.4, -0.2) is 16.7 Å². The van der Waals surface area contributed by atoms with Crippen LogP contribution in [0.2, 0.25) is 0 Å². The number of benzene rings is 2. The maximum absolute atomic E-state index is 12.7. The Balaban J connectivity index is 1.55. The van der Waals surface area contributed by atoms with E-state index in [0.717, 1.165) is 11.1 Å². The highest BCUT2D eigenvalue weighted by atomic mass is 16.5. The molecule has 2 heterocycles. The number of pyridine rings is 1. The van der Waals surface area contributed by atoms with Gasteiger partial charge in [-0.1, -0.05) is 30.3 Å². The molecular weight excluding hydrogens is 354 g/mol. The van der Waals surface area contributed by atoms with Crippen LogP contribution in [0.3, 0.4) is 0 Å². The highest BCUT2D eigenvalue weighted by Crippen LogP contribution is 2.37. The molecule has 0 amide bonds. The number of hydrogen-bond donors (Lipinski definition) is 0. The van der Waals surface area contributed by atoms with Crippen LogP contribution < -0.4 is 9.47 Å². The van der Waals surface area contributed by atoms with Crippen molar-refractivity contribution in [2.75, 3.05) is 0 Å². The number of nitrogens with zero attached hydrogens (tertiary/aromatic N) is 1. The molecule has 4 rings (SSSR count). The highest BCUT2D eigenvalue weighted by molar-refractivity contribution is 6.15. The molecule has 0 aliphatic carbocycles. The molecule has 1 aromatic heterocycles. The number of rotatable bonds is 4. The van der Waals surface area contributed by atoms with E-state index < -0.39 is 0 Å². The first kappa shape index (κ1) is 17.7. The number of esters is 1. The number of aryl methyl sites for hydroxylation is 1. The lowest BCUT2D eigenvalue weighted by molar-refractivity contribution is -0.133. The largest absolute Gasteiger partial charge is 0.452 e. The molecule has 2 aromatic carbocycles. The molecule has 0 saturated heterocycles. The fraction of sp³-hybridized carbons (Fsp3) is 0.0870. The maximum atomic E-state index is 12.7. The Hall–Kier alpha value is -3.73. The van der Waals surface area contributed by atoms with Gasteiger partial charge in [0.25, 0.3) is 0 Å². The molecule has 0 atom stereocenters. The number of carbonyl (C=O) groups is 2. The molecule has 0 unspecified atom stereocenters. The average molecular weight is 371 g/mol. The lowest BCUT2D eigenvalue weighted by atomic mass is 10.0. The number of ether oxygens (including phenoxy) is 2. The smallest absolute Gasteiger partial charge is 0.315 e. The number of ketones is 1. The van der Waals surface area contributed by atoms with Crippen LogP contribution in [0.15, 0.2) is 72.8 Å². The SMILES string of the molecule is Cc1cc(OC(=O)Cc2ccccc2)cc2c1C(=O)/C(=C/c1ccncc1)O2. The van der Waals surface area contributed by atoms with Crippen LogP contribution in [0.5, 0.6) is 11.5 Å². The number of Topliss-reactive ketones (excluding diaryl/α,β-unsaturated/α-hetero) is 1. The molecule has 1 aliphatic rings. The predicted octanol–water partition coefficient (Wildman–Crippen LogP) is 4.15. The summed E-state index contributed by atoms with van der Waals surface area (Å²) in [5.41, 5.74) is 2.88. The van der Waals surface area contributed by atoms with Gasteiger partial charge < -0.3 is 9.47 Å². The van der Waals surface area contributed by atoms with E-state index >= 15 is 0 Å². The fourth-order valence-electron chi connectivity index (χ4n) is 3.08. The summed E-state index contributed by atoms with van der Waals surface area (Å²) in [6.45, 7) is 1.80. The molecule has 0 spiro atoms. The van der Waals surface area contributed by atoms with Crippen molar-refractivity contribution in [3.63, 3.8) is 0 Å². The lowest BCUT2D eigenvalue weighted by Crippen LogP contribution is -2.11. The van der Waals surface area contributed by atoms with Crippen LogP contribution in [0.4, 0.5) is 0 Å². The molecule has 28 heavy (non-hydrogen) atoms. The van der Waals surface area contributed by atoms with E-state index in [2.05, 4.69) is 4.98 Å². The Morgan fingerprint density at radius 3 is 2.61 bits per heavy atom. The first-order valence-electron chi connectivity index (χ1n) is 8.84. The van der Waals surface area contributed by atoms with Crippen molar-refractivity contribution in [1.82, 2.24) is 4.98 Å². The number of aromatic nitrogens is 1. The van der Waals surface area contributed by atoms with Crippen molar-refractivity contribution in [3.8, 4) is 11.5 Å². The minimum atomic E-state index is -0.373. The van der Waals surface area contributed by atoms with Crippen LogP contribution in [0.25, 0.3) is 6.08 Å². The van der Waals surface area contributed by atoms with Crippen LogP contribution in [0, 0.1) is 6.92 Å². The number of carbonyl (C=O) groups excluding carboxylic acids is 2. The standard InChI is InChI=1S/C23H17NO4/c1-15-11-18(27-21(25)13-16-5-3-2-4-6-16)14-19-22(15)23(26)20(28-19)12-17-7-9-24-10-8-17/h2-12,14H,13H2,1H3/b20-12-. The zero-order chi connectivity index (χ0) is 19.5. The molecule has 3 aromatic rings. The minimum absolute atomic E-state index is 0.171. The quantitative estimate of drug-likeness (QED) is 0.391. The molecule has 0 saturated carbocycles. The first-order valence-corrected chi connectivity index (χ1v) is 8.84. The van der Waals surface area contributed by atoms with E-state index in [1.165, 1.54) is 0 Å². The summed E-state index contributed by atoms with van der Waals surface area (Å²) >= 11 is 0. The van der Waals surface area contributed by atoms with Crippen molar-refractivity contribution in [1.29, 1.82) is 0 Å². The predicted molar refractivity (Wildman–Crippen MR) is 104 cm³/mol. The zero-order valence-corrected chi connectivity index (χ0v) is 15.2. The summed E-state index contributed by atoms with van der Waals surface area (Å²) in [5.74, 6) is 0.425. The molecule has 1 aliphatic heterocycles. The summed E-state index contributed by atoms with van der Waals surface area (Å²) in [4.78, 5) is 28.9. The summed E-state index contributed by atoms with van der Waals surface area (Å²) in [5, 5.41) is 0. The third kappa shape index (κ3) is 3.69. The number of allylic oxidation sites excluding steroid dienone is 1. The molecule has 0 radical (unpaired) electrons. The van der Waals surface area contributed by atoms with E-state index in [1.807, 2.05) is 30.3 Å². The normalized spacial score (nSPS) is 13.9. The highest BCUT2D eigenvalue weighted by Gasteiger charge is 2.30. The molecule has 138 valence electrons. The molecule has 0 fully saturated rings. The Kier molecular flexibility index (Phi) is 4.72. The first-order chi connectivity index (χ1) is 13.6. The fourth-order valence-corrected chi connectivity index (χ4v) is 3.08. The van der Waals surface area contributed by atoms with Gasteiger partial charge in [-0.2, -0.15) is 0 Å². The molecule has 5 heteroatoms. The van der Waals surface area contributed by atoms with E-state index in [1.54, 1.807) is 49.7 Å². The van der Waals surface area contributed by atoms with Crippen molar-refractivity contribution in [2.24, 2.45) is 0 Å². The van der Waals surface area contributed by atoms with E-state index in [0.29, 0.717) is 22.6 Å². The van der Waals surface area contributed by atoms with Gasteiger partial charge in [0.1, 0.15) is 11.5 Å². The van der Waals surface area contributed by atoms with Gasteiger partial charge in [0.05, 0.1) is 12.0 Å². The Morgan fingerprint density at radius 1 is 1.11 bits per heavy atom. The topological polar surface area (TPSA) is 65.5 Å². The maximum Gasteiger partial charge on any atom is 0.315 e. The molecule has 0 bridgehead atoms. The lowest BCUT2D eigenvalue weighted by Gasteiger charge is -2.08. The second-order valence-electron chi connectivity index (χ2n) is 6.47. The van der Waals surface area contributed by atoms with Gasteiger partial charge in [-0.05, 0) is 47.9 Å². The molecular formula is C23H17NO4. The van der Waals surface area contributed by atoms with Crippen LogP contribution in [-0.2, 0) is 11.2 Å². The van der Waals surface area contributed by atoms with Crippen molar-refractivity contribution in [2.45, 2.75) is 13.3 Å². The van der Waals surface area contributed by atoms with Gasteiger partial charge in [0, 0.05) is 18.5 Å². The third-order valence-corrected chi connectivity index (χ3v) is 4.37. The molecule has 5 nitrogen and oxygen atoms in total. The van der Waals surface area contributed by atoms with Gasteiger partial charge in [0.15, 0.2) is 5.76 Å². The van der Waals surface area contributed by atoms with Crippen molar-refractivity contribution >= 4 is 17.8 Å². The Morgan fingerprint density at radius 2 is 1.86 bits per heavy atom. The summed E-state index contributed by atoms with van der Waals surface area (Å²) in [6.07, 6.45) is 5.14. The monoisotopic (exact) mass is 371 g/mol. The number of hydrogen-bond acceptors (Lipinski definition) is 5. The van der Waals surface area contributed by atoms with Gasteiger partial charge in [-0.3, -0.25) is 14.6 Å². The Labute approximate surface area is 162 Å². The van der Waals surface area contributed by atoms with Gasteiger partial charge in [-0.25, -0.2) is 0 Å². The van der Waals surface area contributed by atoms with E-state index in [4.69, 9.17) is 9.47 Å². The minimum Gasteiger partial charge on any atom is -0.452 e. The van der Waals surface area contributed by atoms with Crippen LogP contribution >= 0.6 is 0 Å². The average Bonchev–Trinajstić information content (AvgIpc) is 2.99. The number of fused-ring (bicyclic) bond motifs is 1. The molecule has 0 N–H and O–H groups in total.